The van der Waals surface area contributed by atoms with Gasteiger partial charge in [0.05, 0.1) is 5.75 Å². The molecular weight excluding hydrogens is 226 g/mol. The van der Waals surface area contributed by atoms with E-state index in [4.69, 9.17) is 0 Å². The van der Waals surface area contributed by atoms with Gasteiger partial charge in [0.1, 0.15) is 5.69 Å². The van der Waals surface area contributed by atoms with E-state index >= 15 is 0 Å². The van der Waals surface area contributed by atoms with Crippen LogP contribution in [0.1, 0.15) is 0 Å². The number of pyridine rings is 1. The highest BCUT2D eigenvalue weighted by Gasteiger charge is 2.21. The average molecular weight is 233 g/mol. The fourth-order valence-electron chi connectivity index (χ4n) is 1.41. The van der Waals surface area contributed by atoms with Crippen molar-refractivity contribution in [1.82, 2.24) is 19.9 Å². The highest BCUT2D eigenvalue weighted by molar-refractivity contribution is 7.99. The molecule has 0 bridgehead atoms. The van der Waals surface area contributed by atoms with Gasteiger partial charge < -0.3 is 0 Å². The molecule has 0 radical (unpaired) electrons. The molecule has 16 heavy (non-hydrogen) atoms. The maximum Gasteiger partial charge on any atom is 0.249 e. The second-order valence-electron chi connectivity index (χ2n) is 3.18. The summed E-state index contributed by atoms with van der Waals surface area (Å²) < 4.78 is 1.57. The van der Waals surface area contributed by atoms with E-state index in [1.165, 1.54) is 11.8 Å². The zero-order valence-electron chi connectivity index (χ0n) is 8.12. The number of nitrogens with one attached hydrogen (secondary N) is 1. The van der Waals surface area contributed by atoms with E-state index in [1.807, 2.05) is 18.2 Å². The summed E-state index contributed by atoms with van der Waals surface area (Å²) in [4.78, 5) is 15.4. The fourth-order valence-corrected chi connectivity index (χ4v) is 2.10. The van der Waals surface area contributed by atoms with Crippen molar-refractivity contribution in [3.63, 3.8) is 0 Å². The molecule has 0 spiro atoms. The minimum Gasteiger partial charge on any atom is -0.272 e. The van der Waals surface area contributed by atoms with Crippen LogP contribution in [-0.2, 0) is 4.79 Å². The lowest BCUT2D eigenvalue weighted by Gasteiger charge is -2.14. The van der Waals surface area contributed by atoms with Crippen LogP contribution < -0.4 is 5.43 Å². The van der Waals surface area contributed by atoms with Crippen LogP contribution in [0.2, 0.25) is 0 Å². The molecule has 0 saturated heterocycles. The summed E-state index contributed by atoms with van der Waals surface area (Å²) in [6.45, 7) is 0. The summed E-state index contributed by atoms with van der Waals surface area (Å²) in [5.41, 5.74) is 3.38. The number of aromatic nitrogens is 4. The summed E-state index contributed by atoms with van der Waals surface area (Å²) in [5, 5.41) is 8.69. The molecule has 0 fully saturated rings. The number of thioether (sulfide) groups is 1. The predicted octanol–water partition coefficient (Wildman–Crippen LogP) is 0.516. The van der Waals surface area contributed by atoms with E-state index in [1.54, 1.807) is 10.9 Å². The van der Waals surface area contributed by atoms with E-state index in [0.717, 1.165) is 0 Å². The standard InChI is InChI=1S/C9H7N5OS/c15-7-5-16-9-12-11-8(14(9)13-7)6-3-1-2-4-10-6/h1-4H,5H2,(H,13,15). The monoisotopic (exact) mass is 233 g/mol. The first kappa shape index (κ1) is 9.34. The molecule has 0 atom stereocenters. The number of hydrogen-bond acceptors (Lipinski definition) is 5. The van der Waals surface area contributed by atoms with Crippen molar-refractivity contribution < 1.29 is 4.79 Å². The SMILES string of the molecule is O=C1CSc2nnc(-c3ccccn3)n2N1. The zero-order chi connectivity index (χ0) is 11.0. The first-order valence-corrected chi connectivity index (χ1v) is 5.62. The van der Waals surface area contributed by atoms with Gasteiger partial charge in [-0.25, -0.2) is 4.68 Å². The highest BCUT2D eigenvalue weighted by atomic mass is 32.2. The van der Waals surface area contributed by atoms with Gasteiger partial charge in [0, 0.05) is 6.20 Å². The summed E-state index contributed by atoms with van der Waals surface area (Å²) in [7, 11) is 0. The maximum atomic E-state index is 11.3. The fraction of sp³-hybridized carbons (Fsp3) is 0.111. The van der Waals surface area contributed by atoms with Gasteiger partial charge in [-0.1, -0.05) is 17.8 Å². The number of fused-ring (bicyclic) bond motifs is 1. The molecule has 80 valence electrons. The molecule has 3 heterocycles. The average Bonchev–Trinajstić information content (AvgIpc) is 2.73. The van der Waals surface area contributed by atoms with E-state index in [-0.39, 0.29) is 5.91 Å². The van der Waals surface area contributed by atoms with Crippen molar-refractivity contribution in [2.75, 3.05) is 11.2 Å². The molecule has 2 aromatic rings. The van der Waals surface area contributed by atoms with Crippen LogP contribution in [0.25, 0.3) is 11.5 Å². The number of hydrogen-bond donors (Lipinski definition) is 1. The number of carbonyl (C=O) groups excluding carboxylic acids is 1. The Balaban J connectivity index is 2.10. The lowest BCUT2D eigenvalue weighted by Crippen LogP contribution is -2.29. The maximum absolute atomic E-state index is 11.3. The molecule has 0 aliphatic carbocycles. The highest BCUT2D eigenvalue weighted by Crippen LogP contribution is 2.23. The van der Waals surface area contributed by atoms with Crippen LogP contribution in [0.3, 0.4) is 0 Å². The van der Waals surface area contributed by atoms with Crippen molar-refractivity contribution in [3.05, 3.63) is 24.4 Å². The smallest absolute Gasteiger partial charge is 0.249 e. The second-order valence-corrected chi connectivity index (χ2v) is 4.12. The largest absolute Gasteiger partial charge is 0.272 e. The molecule has 2 aromatic heterocycles. The Labute approximate surface area is 95.1 Å². The van der Waals surface area contributed by atoms with Crippen LogP contribution in [0.5, 0.6) is 0 Å². The Hall–Kier alpha value is -1.89. The molecule has 1 aliphatic heterocycles. The Kier molecular flexibility index (Phi) is 2.10. The molecule has 1 N–H and O–H groups in total. The second kappa shape index (κ2) is 3.60. The minimum absolute atomic E-state index is 0.0607. The number of carbonyl (C=O) groups is 1. The molecular formula is C9H7N5OS. The van der Waals surface area contributed by atoms with Crippen LogP contribution in [0, 0.1) is 0 Å². The summed E-state index contributed by atoms with van der Waals surface area (Å²) in [6, 6.07) is 5.51. The van der Waals surface area contributed by atoms with E-state index in [0.29, 0.717) is 22.4 Å². The van der Waals surface area contributed by atoms with Gasteiger partial charge in [-0.05, 0) is 12.1 Å². The lowest BCUT2D eigenvalue weighted by atomic mass is 10.3. The summed E-state index contributed by atoms with van der Waals surface area (Å²) >= 11 is 1.36. The van der Waals surface area contributed by atoms with E-state index in [9.17, 15) is 4.79 Å². The molecule has 1 amide bonds. The van der Waals surface area contributed by atoms with Gasteiger partial charge in [0.25, 0.3) is 0 Å². The van der Waals surface area contributed by atoms with Gasteiger partial charge in [-0.2, -0.15) is 0 Å². The van der Waals surface area contributed by atoms with Gasteiger partial charge in [0.2, 0.25) is 16.9 Å². The molecule has 0 aromatic carbocycles. The van der Waals surface area contributed by atoms with Gasteiger partial charge in [-0.15, -0.1) is 10.2 Å². The zero-order valence-corrected chi connectivity index (χ0v) is 8.94. The molecule has 3 rings (SSSR count). The topological polar surface area (TPSA) is 72.7 Å². The van der Waals surface area contributed by atoms with Crippen molar-refractivity contribution in [2.24, 2.45) is 0 Å². The normalized spacial score (nSPS) is 14.4. The summed E-state index contributed by atoms with van der Waals surface area (Å²) in [6.07, 6.45) is 1.68. The molecule has 1 aliphatic rings. The Morgan fingerprint density at radius 1 is 1.38 bits per heavy atom. The number of rotatable bonds is 1. The van der Waals surface area contributed by atoms with Gasteiger partial charge in [-0.3, -0.25) is 15.2 Å². The molecule has 0 unspecified atom stereocenters. The van der Waals surface area contributed by atoms with Crippen LogP contribution >= 0.6 is 11.8 Å². The predicted molar refractivity (Wildman–Crippen MR) is 58.3 cm³/mol. The first-order valence-electron chi connectivity index (χ1n) is 4.64. The molecule has 7 heteroatoms. The Morgan fingerprint density at radius 3 is 3.12 bits per heavy atom. The Morgan fingerprint density at radius 2 is 2.31 bits per heavy atom. The third-order valence-electron chi connectivity index (χ3n) is 2.10. The Bertz CT molecular complexity index is 538. The van der Waals surface area contributed by atoms with Crippen molar-refractivity contribution in [3.8, 4) is 11.5 Å². The van der Waals surface area contributed by atoms with E-state index in [2.05, 4.69) is 20.6 Å². The molecule has 0 saturated carbocycles. The first-order chi connectivity index (χ1) is 7.84. The quantitative estimate of drug-likeness (QED) is 0.777. The van der Waals surface area contributed by atoms with Gasteiger partial charge in [0.15, 0.2) is 0 Å². The lowest BCUT2D eigenvalue weighted by molar-refractivity contribution is -0.114. The third kappa shape index (κ3) is 1.45. The van der Waals surface area contributed by atoms with Crippen molar-refractivity contribution in [2.45, 2.75) is 5.16 Å². The number of amides is 1. The van der Waals surface area contributed by atoms with Crippen LogP contribution in [0.4, 0.5) is 0 Å². The minimum atomic E-state index is -0.0607. The van der Waals surface area contributed by atoms with Crippen LogP contribution in [0.15, 0.2) is 29.6 Å². The summed E-state index contributed by atoms with van der Waals surface area (Å²) in [5.74, 6) is 0.867. The van der Waals surface area contributed by atoms with Gasteiger partial charge >= 0.3 is 0 Å². The number of nitrogens with zero attached hydrogens (tertiary/aromatic N) is 4. The van der Waals surface area contributed by atoms with Crippen molar-refractivity contribution >= 4 is 17.7 Å². The third-order valence-corrected chi connectivity index (χ3v) is 3.03. The van der Waals surface area contributed by atoms with E-state index < -0.39 is 0 Å². The van der Waals surface area contributed by atoms with Crippen LogP contribution in [-0.4, -0.2) is 31.5 Å². The van der Waals surface area contributed by atoms with Crippen molar-refractivity contribution in [1.29, 1.82) is 0 Å². The molecule has 6 nitrogen and oxygen atoms in total.